The van der Waals surface area contributed by atoms with Gasteiger partial charge in [-0.05, 0) is 37.6 Å². The van der Waals surface area contributed by atoms with E-state index in [4.69, 9.17) is 9.15 Å². The minimum atomic E-state index is 0.377. The topological polar surface area (TPSA) is 51.4 Å². The zero-order chi connectivity index (χ0) is 17.9. The molecule has 2 aromatic heterocycles. The van der Waals surface area contributed by atoms with Gasteiger partial charge < -0.3 is 9.15 Å². The molecule has 4 rings (SSSR count). The van der Waals surface area contributed by atoms with Gasteiger partial charge in [-0.25, -0.2) is 9.97 Å². The van der Waals surface area contributed by atoms with Crippen LogP contribution in [0.4, 0.5) is 0 Å². The molecule has 5 nitrogen and oxygen atoms in total. The van der Waals surface area contributed by atoms with Crippen molar-refractivity contribution >= 4 is 11.3 Å². The summed E-state index contributed by atoms with van der Waals surface area (Å²) < 4.78 is 11.4. The lowest BCUT2D eigenvalue weighted by atomic mass is 10.1. The number of hydrogen-bond donors (Lipinski definition) is 0. The van der Waals surface area contributed by atoms with Crippen molar-refractivity contribution in [2.45, 2.75) is 32.2 Å². The van der Waals surface area contributed by atoms with E-state index in [1.807, 2.05) is 29.9 Å². The van der Waals surface area contributed by atoms with Crippen molar-refractivity contribution in [3.8, 4) is 5.75 Å². The van der Waals surface area contributed by atoms with Gasteiger partial charge in [0, 0.05) is 30.3 Å². The predicted molar refractivity (Wildman–Crippen MR) is 102 cm³/mol. The third-order valence-electron chi connectivity index (χ3n) is 4.92. The van der Waals surface area contributed by atoms with E-state index in [9.17, 15) is 0 Å². The van der Waals surface area contributed by atoms with E-state index in [-0.39, 0.29) is 0 Å². The van der Waals surface area contributed by atoms with Crippen LogP contribution < -0.4 is 4.74 Å². The standard InChI is InChI=1S/C20H23N3O2S/c1-14-19(26-13-22-14)12-23-7-6-16(11-23)20-21-10-18(25-20)9-15-4-3-5-17(8-15)24-2/h3-5,8,10,13,16H,6-7,9,11-12H2,1-2H3/t16-/m1/s1. The molecular weight excluding hydrogens is 346 g/mol. The number of likely N-dealkylation sites (tertiary alicyclic amines) is 1. The lowest BCUT2D eigenvalue weighted by molar-refractivity contribution is 0.320. The van der Waals surface area contributed by atoms with Crippen molar-refractivity contribution in [1.29, 1.82) is 0 Å². The smallest absolute Gasteiger partial charge is 0.198 e. The summed E-state index contributed by atoms with van der Waals surface area (Å²) in [4.78, 5) is 12.7. The summed E-state index contributed by atoms with van der Waals surface area (Å²) >= 11 is 1.74. The first kappa shape index (κ1) is 17.2. The summed E-state index contributed by atoms with van der Waals surface area (Å²) in [5.41, 5.74) is 4.24. The lowest BCUT2D eigenvalue weighted by Crippen LogP contribution is -2.19. The molecule has 0 unspecified atom stereocenters. The fraction of sp³-hybridized carbons (Fsp3) is 0.400. The Labute approximate surface area is 157 Å². The Bertz CT molecular complexity index is 873. The Morgan fingerprint density at radius 2 is 2.27 bits per heavy atom. The maximum atomic E-state index is 6.06. The summed E-state index contributed by atoms with van der Waals surface area (Å²) in [7, 11) is 1.69. The van der Waals surface area contributed by atoms with Crippen LogP contribution in [-0.4, -0.2) is 35.1 Å². The van der Waals surface area contributed by atoms with E-state index >= 15 is 0 Å². The number of aromatic nitrogens is 2. The molecule has 136 valence electrons. The summed E-state index contributed by atoms with van der Waals surface area (Å²) in [6, 6.07) is 8.07. The highest BCUT2D eigenvalue weighted by molar-refractivity contribution is 7.09. The number of benzene rings is 1. The van der Waals surface area contributed by atoms with Crippen LogP contribution in [0.5, 0.6) is 5.75 Å². The maximum absolute atomic E-state index is 6.06. The van der Waals surface area contributed by atoms with Crippen molar-refractivity contribution in [1.82, 2.24) is 14.9 Å². The van der Waals surface area contributed by atoms with E-state index in [0.717, 1.165) is 55.6 Å². The normalized spacial score (nSPS) is 17.7. The van der Waals surface area contributed by atoms with Crippen molar-refractivity contribution < 1.29 is 9.15 Å². The number of rotatable bonds is 6. The molecule has 1 fully saturated rings. The Morgan fingerprint density at radius 3 is 3.08 bits per heavy atom. The minimum absolute atomic E-state index is 0.377. The number of thiazole rings is 1. The number of hydrogen-bond acceptors (Lipinski definition) is 6. The molecule has 0 radical (unpaired) electrons. The second kappa shape index (κ2) is 7.60. The Hall–Kier alpha value is -2.18. The molecule has 1 aliphatic rings. The molecule has 0 aliphatic carbocycles. The first-order valence-electron chi connectivity index (χ1n) is 8.90. The molecule has 3 heterocycles. The zero-order valence-corrected chi connectivity index (χ0v) is 16.0. The fourth-order valence-corrected chi connectivity index (χ4v) is 4.25. The Morgan fingerprint density at radius 1 is 1.35 bits per heavy atom. The number of ether oxygens (including phenoxy) is 1. The molecule has 1 aromatic carbocycles. The average molecular weight is 369 g/mol. The van der Waals surface area contributed by atoms with E-state index in [1.54, 1.807) is 18.4 Å². The van der Waals surface area contributed by atoms with Crippen molar-refractivity contribution in [2.75, 3.05) is 20.2 Å². The van der Waals surface area contributed by atoms with Gasteiger partial charge in [0.25, 0.3) is 0 Å². The number of methoxy groups -OCH3 is 1. The SMILES string of the molecule is COc1cccc(Cc2cnc([C@@H]3CCN(Cc4scnc4C)C3)o2)c1. The van der Waals surface area contributed by atoms with Crippen LogP contribution in [0.15, 0.2) is 40.4 Å². The van der Waals surface area contributed by atoms with Gasteiger partial charge in [-0.15, -0.1) is 11.3 Å². The van der Waals surface area contributed by atoms with Gasteiger partial charge in [-0.3, -0.25) is 4.90 Å². The number of aryl methyl sites for hydroxylation is 1. The van der Waals surface area contributed by atoms with Gasteiger partial charge in [-0.1, -0.05) is 12.1 Å². The van der Waals surface area contributed by atoms with Crippen molar-refractivity contribution in [3.63, 3.8) is 0 Å². The molecule has 0 N–H and O–H groups in total. The second-order valence-corrected chi connectivity index (χ2v) is 7.71. The molecule has 3 aromatic rings. The Balaban J connectivity index is 1.38. The first-order chi connectivity index (χ1) is 12.7. The van der Waals surface area contributed by atoms with E-state index < -0.39 is 0 Å². The summed E-state index contributed by atoms with van der Waals surface area (Å²) in [5.74, 6) is 3.02. The summed E-state index contributed by atoms with van der Waals surface area (Å²) in [6.45, 7) is 5.13. The van der Waals surface area contributed by atoms with Crippen LogP contribution in [0.2, 0.25) is 0 Å². The fourth-order valence-electron chi connectivity index (χ4n) is 3.44. The van der Waals surface area contributed by atoms with Crippen LogP contribution in [0, 0.1) is 6.92 Å². The van der Waals surface area contributed by atoms with Gasteiger partial charge in [-0.2, -0.15) is 0 Å². The van der Waals surface area contributed by atoms with E-state index in [2.05, 4.69) is 27.9 Å². The molecule has 0 spiro atoms. The van der Waals surface area contributed by atoms with E-state index in [0.29, 0.717) is 5.92 Å². The summed E-state index contributed by atoms with van der Waals surface area (Å²) in [5, 5.41) is 0. The second-order valence-electron chi connectivity index (χ2n) is 6.77. The molecule has 0 amide bonds. The van der Waals surface area contributed by atoms with Crippen LogP contribution in [0.25, 0.3) is 0 Å². The number of nitrogens with zero attached hydrogens (tertiary/aromatic N) is 3. The van der Waals surface area contributed by atoms with Crippen molar-refractivity contribution in [3.05, 3.63) is 63.8 Å². The third kappa shape index (κ3) is 3.81. The van der Waals surface area contributed by atoms with Gasteiger partial charge in [0.05, 0.1) is 24.5 Å². The highest BCUT2D eigenvalue weighted by atomic mass is 32.1. The monoisotopic (exact) mass is 369 g/mol. The molecular formula is C20H23N3O2S. The quantitative estimate of drug-likeness (QED) is 0.657. The first-order valence-corrected chi connectivity index (χ1v) is 9.78. The molecule has 1 atom stereocenters. The third-order valence-corrected chi connectivity index (χ3v) is 5.84. The highest BCUT2D eigenvalue weighted by Gasteiger charge is 2.28. The van der Waals surface area contributed by atoms with Crippen LogP contribution in [0.3, 0.4) is 0 Å². The summed E-state index contributed by atoms with van der Waals surface area (Å²) in [6.07, 6.45) is 3.70. The van der Waals surface area contributed by atoms with E-state index in [1.165, 1.54) is 10.4 Å². The largest absolute Gasteiger partial charge is 0.497 e. The minimum Gasteiger partial charge on any atom is -0.497 e. The lowest BCUT2D eigenvalue weighted by Gasteiger charge is -2.14. The van der Waals surface area contributed by atoms with Gasteiger partial charge in [0.2, 0.25) is 0 Å². The van der Waals surface area contributed by atoms with Crippen molar-refractivity contribution in [2.24, 2.45) is 0 Å². The zero-order valence-electron chi connectivity index (χ0n) is 15.1. The molecule has 1 aliphatic heterocycles. The van der Waals surface area contributed by atoms with Crippen LogP contribution in [-0.2, 0) is 13.0 Å². The van der Waals surface area contributed by atoms with Crippen LogP contribution >= 0.6 is 11.3 Å². The van der Waals surface area contributed by atoms with Crippen LogP contribution in [0.1, 0.15) is 40.1 Å². The maximum Gasteiger partial charge on any atom is 0.198 e. The van der Waals surface area contributed by atoms with Gasteiger partial charge in [0.15, 0.2) is 5.89 Å². The highest BCUT2D eigenvalue weighted by Crippen LogP contribution is 2.29. The predicted octanol–water partition coefficient (Wildman–Crippen LogP) is 4.03. The average Bonchev–Trinajstić information content (AvgIpc) is 3.38. The van der Waals surface area contributed by atoms with Gasteiger partial charge >= 0.3 is 0 Å². The molecule has 6 heteroatoms. The number of oxazole rings is 1. The Kier molecular flexibility index (Phi) is 5.04. The molecule has 1 saturated heterocycles. The molecule has 0 saturated carbocycles. The molecule has 26 heavy (non-hydrogen) atoms. The van der Waals surface area contributed by atoms with Gasteiger partial charge in [0.1, 0.15) is 11.5 Å². The molecule has 0 bridgehead atoms.